The van der Waals surface area contributed by atoms with Crippen molar-refractivity contribution >= 4 is 23.3 Å². The molecule has 22 heavy (non-hydrogen) atoms. The number of hydrogen-bond acceptors (Lipinski definition) is 5. The molecule has 0 bridgehead atoms. The van der Waals surface area contributed by atoms with Crippen LogP contribution in [0.1, 0.15) is 0 Å². The molecule has 0 saturated carbocycles. The molecule has 7 heteroatoms. The van der Waals surface area contributed by atoms with Crippen molar-refractivity contribution in [1.82, 2.24) is 14.7 Å². The lowest BCUT2D eigenvalue weighted by molar-refractivity contribution is -0.143. The Hall–Kier alpha value is -2.83. The van der Waals surface area contributed by atoms with Gasteiger partial charge in [-0.2, -0.15) is 5.10 Å². The summed E-state index contributed by atoms with van der Waals surface area (Å²) in [7, 11) is 3.30. The first kappa shape index (κ1) is 14.1. The second-order valence-corrected chi connectivity index (χ2v) is 5.33. The van der Waals surface area contributed by atoms with Gasteiger partial charge in [-0.15, -0.1) is 0 Å². The number of nitrogens with zero attached hydrogens (tertiary/aromatic N) is 4. The number of piperazine rings is 1. The number of aryl methyl sites for hydroxylation is 1. The van der Waals surface area contributed by atoms with Crippen LogP contribution in [0.4, 0.5) is 11.5 Å². The Kier molecular flexibility index (Phi) is 3.32. The molecule has 7 nitrogen and oxygen atoms in total. The van der Waals surface area contributed by atoms with Crippen molar-refractivity contribution in [1.29, 1.82) is 0 Å². The van der Waals surface area contributed by atoms with Gasteiger partial charge >= 0.3 is 0 Å². The van der Waals surface area contributed by atoms with Crippen molar-refractivity contribution < 1.29 is 9.59 Å². The quantitative estimate of drug-likeness (QED) is 0.815. The summed E-state index contributed by atoms with van der Waals surface area (Å²) in [4.78, 5) is 26.4. The maximum absolute atomic E-state index is 11.8. The fourth-order valence-corrected chi connectivity index (χ4v) is 2.38. The summed E-state index contributed by atoms with van der Waals surface area (Å²) in [5.41, 5.74) is 8.34. The molecule has 1 aliphatic rings. The van der Waals surface area contributed by atoms with Gasteiger partial charge < -0.3 is 10.6 Å². The van der Waals surface area contributed by atoms with Gasteiger partial charge in [0.1, 0.15) is 5.82 Å². The number of nitrogens with two attached hydrogens (primary N) is 1. The lowest BCUT2D eigenvalue weighted by Gasteiger charge is -2.31. The van der Waals surface area contributed by atoms with Gasteiger partial charge in [-0.3, -0.25) is 19.2 Å². The summed E-state index contributed by atoms with van der Waals surface area (Å²) < 4.78 is 1.61. The zero-order valence-corrected chi connectivity index (χ0v) is 12.5. The van der Waals surface area contributed by atoms with Gasteiger partial charge in [0.05, 0.1) is 18.8 Å². The van der Waals surface area contributed by atoms with Crippen LogP contribution in [0.25, 0.3) is 11.3 Å². The minimum atomic E-state index is -0.196. The van der Waals surface area contributed by atoms with E-state index in [1.807, 2.05) is 24.3 Å². The molecular formula is C15H17N5O2. The van der Waals surface area contributed by atoms with E-state index in [9.17, 15) is 9.59 Å². The van der Waals surface area contributed by atoms with E-state index in [2.05, 4.69) is 5.10 Å². The van der Waals surface area contributed by atoms with E-state index in [-0.39, 0.29) is 24.9 Å². The van der Waals surface area contributed by atoms with Crippen LogP contribution in [0.5, 0.6) is 0 Å². The number of hydrogen-bond donors (Lipinski definition) is 1. The molecule has 0 atom stereocenters. The summed E-state index contributed by atoms with van der Waals surface area (Å²) >= 11 is 0. The lowest BCUT2D eigenvalue weighted by Crippen LogP contribution is -2.52. The predicted molar refractivity (Wildman–Crippen MR) is 83.0 cm³/mol. The monoisotopic (exact) mass is 299 g/mol. The van der Waals surface area contributed by atoms with Crippen LogP contribution in [-0.2, 0) is 16.6 Å². The van der Waals surface area contributed by atoms with E-state index in [1.165, 1.54) is 11.9 Å². The molecule has 1 aromatic heterocycles. The van der Waals surface area contributed by atoms with Crippen LogP contribution in [0.15, 0.2) is 30.3 Å². The first-order valence-corrected chi connectivity index (χ1v) is 6.90. The van der Waals surface area contributed by atoms with Crippen molar-refractivity contribution in [2.24, 2.45) is 7.05 Å². The van der Waals surface area contributed by atoms with Gasteiger partial charge in [0.15, 0.2) is 0 Å². The molecule has 1 saturated heterocycles. The van der Waals surface area contributed by atoms with Gasteiger partial charge in [0.2, 0.25) is 11.8 Å². The van der Waals surface area contributed by atoms with Gasteiger partial charge in [-0.05, 0) is 12.1 Å². The van der Waals surface area contributed by atoms with Gasteiger partial charge in [-0.25, -0.2) is 0 Å². The number of aromatic nitrogens is 2. The molecule has 2 amide bonds. The summed E-state index contributed by atoms with van der Waals surface area (Å²) in [5.74, 6) is 0.199. The molecule has 1 aliphatic heterocycles. The molecule has 2 N–H and O–H groups in total. The summed E-state index contributed by atoms with van der Waals surface area (Å²) in [6, 6.07) is 9.38. The Labute approximate surface area is 127 Å². The van der Waals surface area contributed by atoms with E-state index >= 15 is 0 Å². The third-order valence-electron chi connectivity index (χ3n) is 3.84. The van der Waals surface area contributed by atoms with Crippen LogP contribution in [0, 0.1) is 0 Å². The minimum absolute atomic E-state index is 0.196. The van der Waals surface area contributed by atoms with E-state index in [4.69, 9.17) is 5.73 Å². The first-order chi connectivity index (χ1) is 10.5. The molecular weight excluding hydrogens is 282 g/mol. The number of carbonyl (C=O) groups excluding carboxylic acids is 2. The molecule has 114 valence electrons. The zero-order chi connectivity index (χ0) is 15.9. The number of anilines is 2. The van der Waals surface area contributed by atoms with Crippen LogP contribution in [0.2, 0.25) is 0 Å². The zero-order valence-electron chi connectivity index (χ0n) is 12.5. The van der Waals surface area contributed by atoms with E-state index in [0.717, 1.165) is 16.9 Å². The molecule has 0 unspecified atom stereocenters. The highest BCUT2D eigenvalue weighted by Crippen LogP contribution is 2.24. The molecule has 2 aromatic rings. The van der Waals surface area contributed by atoms with Crippen LogP contribution in [-0.4, -0.2) is 46.6 Å². The average molecular weight is 299 g/mol. The lowest BCUT2D eigenvalue weighted by atomic mass is 10.1. The SMILES string of the molecule is CN1C(=O)CN(c2ccc(-c3cc(N)n(C)n3)cc2)CC1=O. The third kappa shape index (κ3) is 2.41. The number of likely N-dealkylation sites (N-methyl/N-ethyl adjacent to an activating group) is 1. The molecule has 0 spiro atoms. The largest absolute Gasteiger partial charge is 0.384 e. The van der Waals surface area contributed by atoms with Gasteiger partial charge in [0.25, 0.3) is 0 Å². The van der Waals surface area contributed by atoms with E-state index in [1.54, 1.807) is 22.7 Å². The van der Waals surface area contributed by atoms with Gasteiger partial charge in [0, 0.05) is 31.4 Å². The second-order valence-electron chi connectivity index (χ2n) is 5.33. The number of carbonyl (C=O) groups is 2. The Morgan fingerprint density at radius 3 is 2.14 bits per heavy atom. The Bertz CT molecular complexity index is 697. The maximum atomic E-state index is 11.8. The van der Waals surface area contributed by atoms with Crippen LogP contribution >= 0.6 is 0 Å². The molecule has 0 radical (unpaired) electrons. The highest BCUT2D eigenvalue weighted by atomic mass is 16.2. The molecule has 1 fully saturated rings. The molecule has 3 rings (SSSR count). The highest BCUT2D eigenvalue weighted by Gasteiger charge is 2.28. The van der Waals surface area contributed by atoms with Crippen molar-refractivity contribution in [3.63, 3.8) is 0 Å². The van der Waals surface area contributed by atoms with Crippen molar-refractivity contribution in [2.45, 2.75) is 0 Å². The Balaban J connectivity index is 1.82. The van der Waals surface area contributed by atoms with Crippen molar-refractivity contribution in [3.05, 3.63) is 30.3 Å². The summed E-state index contributed by atoms with van der Waals surface area (Å²) in [6.07, 6.45) is 0. The van der Waals surface area contributed by atoms with Crippen LogP contribution < -0.4 is 10.6 Å². The topological polar surface area (TPSA) is 84.5 Å². The van der Waals surface area contributed by atoms with Crippen LogP contribution in [0.3, 0.4) is 0 Å². The van der Waals surface area contributed by atoms with Crippen molar-refractivity contribution in [3.8, 4) is 11.3 Å². The summed E-state index contributed by atoms with van der Waals surface area (Å²) in [6.45, 7) is 0.413. The van der Waals surface area contributed by atoms with E-state index in [0.29, 0.717) is 5.82 Å². The standard InChI is InChI=1S/C15H17N5O2/c1-18-14(21)8-20(9-15(18)22)11-5-3-10(4-6-11)12-7-13(16)19(2)17-12/h3-7H,8-9,16H2,1-2H3. The highest BCUT2D eigenvalue weighted by molar-refractivity contribution is 6.02. The smallest absolute Gasteiger partial charge is 0.248 e. The number of nitrogen functional groups attached to an aromatic ring is 1. The number of amides is 2. The molecule has 2 heterocycles. The van der Waals surface area contributed by atoms with Gasteiger partial charge in [-0.1, -0.05) is 12.1 Å². The fraction of sp³-hybridized carbons (Fsp3) is 0.267. The number of imide groups is 1. The normalized spacial score (nSPS) is 15.5. The maximum Gasteiger partial charge on any atom is 0.248 e. The minimum Gasteiger partial charge on any atom is -0.384 e. The molecule has 0 aliphatic carbocycles. The third-order valence-corrected chi connectivity index (χ3v) is 3.84. The number of benzene rings is 1. The summed E-state index contributed by atoms with van der Waals surface area (Å²) in [5, 5.41) is 4.32. The predicted octanol–water partition coefficient (Wildman–Crippen LogP) is 0.474. The fourth-order valence-electron chi connectivity index (χ4n) is 2.38. The molecule has 1 aromatic carbocycles. The first-order valence-electron chi connectivity index (χ1n) is 6.90. The Morgan fingerprint density at radius 1 is 1.05 bits per heavy atom. The van der Waals surface area contributed by atoms with Crippen molar-refractivity contribution in [2.75, 3.05) is 30.8 Å². The second kappa shape index (κ2) is 5.18. The average Bonchev–Trinajstić information content (AvgIpc) is 2.84. The van der Waals surface area contributed by atoms with E-state index < -0.39 is 0 Å². The number of rotatable bonds is 2. The Morgan fingerprint density at radius 2 is 1.64 bits per heavy atom.